The Bertz CT molecular complexity index is 438. The molecule has 0 saturated heterocycles. The predicted octanol–water partition coefficient (Wildman–Crippen LogP) is 1.38. The van der Waals surface area contributed by atoms with E-state index in [-0.39, 0.29) is 11.1 Å². The van der Waals surface area contributed by atoms with E-state index in [0.29, 0.717) is 0 Å². The van der Waals surface area contributed by atoms with Crippen LogP contribution in [0.1, 0.15) is 13.8 Å². The molecule has 1 amide bonds. The van der Waals surface area contributed by atoms with Crippen molar-refractivity contribution in [2.24, 2.45) is 0 Å². The first kappa shape index (κ1) is 16.4. The largest absolute Gasteiger partial charge is 0.441 e. The standard InChI is InChI=1S/C12H15NO6/c1-7(2)10(14)17-6-13-12(16)19-9(5)18-11(15)8(3)4/h1,3,5-6H2,2,4H3,(H,13,16). The molecule has 0 bridgehead atoms. The minimum Gasteiger partial charge on any atom is -0.441 e. The molecule has 1 N–H and O–H groups in total. The molecule has 0 unspecified atom stereocenters. The van der Waals surface area contributed by atoms with E-state index in [0.717, 1.165) is 0 Å². The Balaban J connectivity index is 3.96. The van der Waals surface area contributed by atoms with Gasteiger partial charge in [0.1, 0.15) is 0 Å². The molecule has 0 aromatic rings. The summed E-state index contributed by atoms with van der Waals surface area (Å²) < 4.78 is 13.6. The van der Waals surface area contributed by atoms with Gasteiger partial charge in [0.15, 0.2) is 6.73 Å². The van der Waals surface area contributed by atoms with E-state index in [9.17, 15) is 14.4 Å². The number of hydrogen-bond donors (Lipinski definition) is 1. The Morgan fingerprint density at radius 1 is 0.947 bits per heavy atom. The first-order valence-electron chi connectivity index (χ1n) is 5.09. The zero-order valence-corrected chi connectivity index (χ0v) is 10.8. The second-order valence-corrected chi connectivity index (χ2v) is 3.46. The summed E-state index contributed by atoms with van der Waals surface area (Å²) >= 11 is 0. The molecular weight excluding hydrogens is 254 g/mol. The number of carbonyl (C=O) groups excluding carboxylic acids is 3. The van der Waals surface area contributed by atoms with Gasteiger partial charge >= 0.3 is 18.0 Å². The third kappa shape index (κ3) is 7.37. The first-order valence-corrected chi connectivity index (χ1v) is 5.09. The van der Waals surface area contributed by atoms with Crippen molar-refractivity contribution in [1.82, 2.24) is 5.32 Å². The summed E-state index contributed by atoms with van der Waals surface area (Å²) in [5, 5.41) is 2.08. The van der Waals surface area contributed by atoms with Crippen LogP contribution in [-0.4, -0.2) is 24.8 Å². The average Bonchev–Trinajstić information content (AvgIpc) is 2.27. The van der Waals surface area contributed by atoms with Gasteiger partial charge < -0.3 is 14.2 Å². The molecule has 0 atom stereocenters. The maximum Gasteiger partial charge on any atom is 0.417 e. The second-order valence-electron chi connectivity index (χ2n) is 3.46. The molecule has 0 aliphatic carbocycles. The van der Waals surface area contributed by atoms with Crippen LogP contribution >= 0.6 is 0 Å². The molecule has 7 heteroatoms. The van der Waals surface area contributed by atoms with Crippen LogP contribution in [0.5, 0.6) is 0 Å². The molecule has 0 rings (SSSR count). The minimum atomic E-state index is -0.992. The van der Waals surface area contributed by atoms with Gasteiger partial charge in [0.2, 0.25) is 0 Å². The Labute approximate surface area is 110 Å². The number of hydrogen-bond acceptors (Lipinski definition) is 6. The van der Waals surface area contributed by atoms with Crippen LogP contribution in [0.25, 0.3) is 0 Å². The fraction of sp³-hybridized carbons (Fsp3) is 0.250. The zero-order valence-electron chi connectivity index (χ0n) is 10.8. The van der Waals surface area contributed by atoms with Crippen LogP contribution in [0.4, 0.5) is 4.79 Å². The van der Waals surface area contributed by atoms with Crippen LogP contribution in [0, 0.1) is 0 Å². The number of rotatable bonds is 6. The van der Waals surface area contributed by atoms with E-state index in [1.807, 2.05) is 0 Å². The van der Waals surface area contributed by atoms with E-state index in [2.05, 4.69) is 39.3 Å². The van der Waals surface area contributed by atoms with Crippen molar-refractivity contribution < 1.29 is 28.6 Å². The molecule has 0 heterocycles. The highest BCUT2D eigenvalue weighted by Crippen LogP contribution is 2.02. The fourth-order valence-electron chi connectivity index (χ4n) is 0.635. The Morgan fingerprint density at radius 2 is 1.47 bits per heavy atom. The summed E-state index contributed by atoms with van der Waals surface area (Å²) in [5.41, 5.74) is 0.315. The molecule has 7 nitrogen and oxygen atoms in total. The third-order valence-corrected chi connectivity index (χ3v) is 1.53. The lowest BCUT2D eigenvalue weighted by Gasteiger charge is -2.09. The third-order valence-electron chi connectivity index (χ3n) is 1.53. The van der Waals surface area contributed by atoms with Gasteiger partial charge in [-0.25, -0.2) is 14.4 Å². The lowest BCUT2D eigenvalue weighted by Crippen LogP contribution is -2.28. The smallest absolute Gasteiger partial charge is 0.417 e. The maximum atomic E-state index is 11.1. The monoisotopic (exact) mass is 269 g/mol. The van der Waals surface area contributed by atoms with Crippen LogP contribution < -0.4 is 5.32 Å². The molecule has 0 aliphatic rings. The average molecular weight is 269 g/mol. The number of amides is 1. The highest BCUT2D eigenvalue weighted by Gasteiger charge is 2.11. The summed E-state index contributed by atoms with van der Waals surface area (Å²) in [7, 11) is 0. The number of alkyl carbamates (subject to hydrolysis) is 1. The van der Waals surface area contributed by atoms with Crippen LogP contribution in [-0.2, 0) is 23.8 Å². The number of ether oxygens (including phenoxy) is 3. The second kappa shape index (κ2) is 7.70. The van der Waals surface area contributed by atoms with Gasteiger partial charge in [-0.2, -0.15) is 0 Å². The number of esters is 2. The summed E-state index contributed by atoms with van der Waals surface area (Å²) in [6, 6.07) is 0. The molecule has 0 saturated carbocycles. The summed E-state index contributed by atoms with van der Waals surface area (Å²) in [4.78, 5) is 33.1. The quantitative estimate of drug-likeness (QED) is 0.339. The highest BCUT2D eigenvalue weighted by molar-refractivity contribution is 5.88. The molecule has 0 fully saturated rings. The SMILES string of the molecule is C=C(OC(=O)NCOC(=O)C(=C)C)OC(=O)C(=C)C. The molecule has 19 heavy (non-hydrogen) atoms. The van der Waals surface area contributed by atoms with E-state index >= 15 is 0 Å². The summed E-state index contributed by atoms with van der Waals surface area (Å²) in [6.07, 6.45) is -0.992. The molecule has 0 spiro atoms. The van der Waals surface area contributed by atoms with E-state index < -0.39 is 30.7 Å². The van der Waals surface area contributed by atoms with Crippen molar-refractivity contribution in [3.8, 4) is 0 Å². The van der Waals surface area contributed by atoms with Crippen molar-refractivity contribution in [3.05, 3.63) is 36.8 Å². The van der Waals surface area contributed by atoms with Crippen molar-refractivity contribution >= 4 is 18.0 Å². The molecule has 0 aromatic heterocycles. The molecule has 0 aromatic carbocycles. The lowest BCUT2D eigenvalue weighted by atomic mass is 10.4. The Morgan fingerprint density at radius 3 is 1.95 bits per heavy atom. The van der Waals surface area contributed by atoms with Gasteiger partial charge in [-0.05, 0) is 20.4 Å². The minimum absolute atomic E-state index is 0.126. The number of carbonyl (C=O) groups is 3. The molecule has 0 radical (unpaired) electrons. The fourth-order valence-corrected chi connectivity index (χ4v) is 0.635. The van der Waals surface area contributed by atoms with Crippen molar-refractivity contribution in [2.45, 2.75) is 13.8 Å². The van der Waals surface area contributed by atoms with Crippen LogP contribution in [0.3, 0.4) is 0 Å². The lowest BCUT2D eigenvalue weighted by molar-refractivity contribution is -0.139. The number of nitrogens with one attached hydrogen (secondary N) is 1. The van der Waals surface area contributed by atoms with Crippen molar-refractivity contribution in [1.29, 1.82) is 0 Å². The molecular formula is C12H15NO6. The van der Waals surface area contributed by atoms with Crippen LogP contribution in [0.2, 0.25) is 0 Å². The van der Waals surface area contributed by atoms with Gasteiger partial charge in [0.05, 0.1) is 0 Å². The summed E-state index contributed by atoms with van der Waals surface area (Å²) in [6.45, 7) is 12.4. The maximum absolute atomic E-state index is 11.1. The van der Waals surface area contributed by atoms with Gasteiger partial charge in [0, 0.05) is 11.1 Å². The van der Waals surface area contributed by atoms with Gasteiger partial charge in [-0.3, -0.25) is 5.32 Å². The molecule has 104 valence electrons. The summed E-state index contributed by atoms with van der Waals surface area (Å²) in [5.74, 6) is -1.95. The van der Waals surface area contributed by atoms with E-state index in [1.54, 1.807) is 0 Å². The van der Waals surface area contributed by atoms with Gasteiger partial charge in [-0.1, -0.05) is 13.2 Å². The Hall–Kier alpha value is -2.57. The predicted molar refractivity (Wildman–Crippen MR) is 65.4 cm³/mol. The van der Waals surface area contributed by atoms with E-state index in [1.165, 1.54) is 13.8 Å². The van der Waals surface area contributed by atoms with Crippen molar-refractivity contribution in [2.75, 3.05) is 6.73 Å². The van der Waals surface area contributed by atoms with Gasteiger partial charge in [0.25, 0.3) is 5.95 Å². The first-order chi connectivity index (χ1) is 8.73. The topological polar surface area (TPSA) is 90.9 Å². The van der Waals surface area contributed by atoms with E-state index in [4.69, 9.17) is 0 Å². The Kier molecular flexibility index (Phi) is 6.66. The van der Waals surface area contributed by atoms with Crippen LogP contribution in [0.15, 0.2) is 36.8 Å². The highest BCUT2D eigenvalue weighted by atomic mass is 16.7. The zero-order chi connectivity index (χ0) is 15.0. The van der Waals surface area contributed by atoms with Gasteiger partial charge in [-0.15, -0.1) is 0 Å². The van der Waals surface area contributed by atoms with Crippen molar-refractivity contribution in [3.63, 3.8) is 0 Å². The normalized spacial score (nSPS) is 8.95. The molecule has 0 aliphatic heterocycles.